The van der Waals surface area contributed by atoms with Crippen molar-refractivity contribution in [3.63, 3.8) is 0 Å². The Kier molecular flexibility index (Phi) is 5.41. The second-order valence-electron chi connectivity index (χ2n) is 4.88. The number of carbonyl (C=O) groups is 2. The summed E-state index contributed by atoms with van der Waals surface area (Å²) in [5, 5.41) is 18.6. The lowest BCUT2D eigenvalue weighted by Crippen LogP contribution is -2.26. The van der Waals surface area contributed by atoms with Crippen molar-refractivity contribution in [2.24, 2.45) is 5.41 Å². The molecule has 1 saturated carbocycles. The van der Waals surface area contributed by atoms with Crippen molar-refractivity contribution in [3.05, 3.63) is 0 Å². The molecule has 2 aliphatic rings. The van der Waals surface area contributed by atoms with Gasteiger partial charge in [-0.25, -0.2) is 0 Å². The number of hydrogen-bond donors (Lipinski definition) is 3. The van der Waals surface area contributed by atoms with Crippen LogP contribution in [0.1, 0.15) is 44.9 Å². The van der Waals surface area contributed by atoms with Crippen LogP contribution in [0.3, 0.4) is 0 Å². The van der Waals surface area contributed by atoms with Crippen LogP contribution in [0.25, 0.3) is 0 Å². The fourth-order valence-corrected chi connectivity index (χ4v) is 2.50. The van der Waals surface area contributed by atoms with Crippen LogP contribution in [-0.2, 0) is 9.59 Å². The first-order valence-electron chi connectivity index (χ1n) is 6.17. The van der Waals surface area contributed by atoms with Gasteiger partial charge in [-0.05, 0) is 18.3 Å². The zero-order valence-corrected chi connectivity index (χ0v) is 10.1. The van der Waals surface area contributed by atoms with E-state index in [9.17, 15) is 9.59 Å². The minimum atomic E-state index is -0.961. The van der Waals surface area contributed by atoms with Crippen LogP contribution in [-0.4, -0.2) is 35.2 Å². The van der Waals surface area contributed by atoms with Crippen LogP contribution in [0.4, 0.5) is 0 Å². The van der Waals surface area contributed by atoms with Gasteiger partial charge in [-0.15, -0.1) is 0 Å². The molecule has 5 heteroatoms. The Morgan fingerprint density at radius 1 is 1.29 bits per heavy atom. The summed E-state index contributed by atoms with van der Waals surface area (Å²) in [7, 11) is 0. The number of carboxylic acid groups (broad SMARTS) is 1. The molecule has 17 heavy (non-hydrogen) atoms. The van der Waals surface area contributed by atoms with E-state index in [1.807, 2.05) is 0 Å². The van der Waals surface area contributed by atoms with Crippen molar-refractivity contribution >= 4 is 11.9 Å². The molecule has 0 aromatic rings. The Balaban J connectivity index is 0.000000209. The first kappa shape index (κ1) is 14.0. The summed E-state index contributed by atoms with van der Waals surface area (Å²) in [6.45, 7) is 0.682. The van der Waals surface area contributed by atoms with Crippen molar-refractivity contribution in [1.82, 2.24) is 5.32 Å². The van der Waals surface area contributed by atoms with Gasteiger partial charge in [-0.2, -0.15) is 0 Å². The van der Waals surface area contributed by atoms with Crippen molar-refractivity contribution in [1.29, 1.82) is 0 Å². The predicted molar refractivity (Wildman–Crippen MR) is 62.5 cm³/mol. The van der Waals surface area contributed by atoms with Crippen LogP contribution in [0.2, 0.25) is 0 Å². The number of aliphatic hydroxyl groups excluding tert-OH is 1. The normalized spacial score (nSPS) is 21.6. The predicted octanol–water partition coefficient (Wildman–Crippen LogP) is 0.910. The number of aliphatic hydroxyl groups is 1. The van der Waals surface area contributed by atoms with Crippen molar-refractivity contribution in [2.75, 3.05) is 13.2 Å². The van der Waals surface area contributed by atoms with E-state index < -0.39 is 5.97 Å². The Labute approximate surface area is 101 Å². The highest BCUT2D eigenvalue weighted by Gasteiger charge is 2.38. The fraction of sp³-hybridized carbons (Fsp3) is 0.833. The van der Waals surface area contributed by atoms with Gasteiger partial charge in [0, 0.05) is 13.0 Å². The number of carbonyl (C=O) groups excluding carboxylic acids is 1. The first-order valence-corrected chi connectivity index (χ1v) is 6.17. The van der Waals surface area contributed by atoms with E-state index in [-0.39, 0.29) is 18.9 Å². The lowest BCUT2D eigenvalue weighted by atomic mass is 9.73. The molecule has 0 unspecified atom stereocenters. The van der Waals surface area contributed by atoms with E-state index in [1.54, 1.807) is 0 Å². The molecule has 1 amide bonds. The van der Waals surface area contributed by atoms with Crippen molar-refractivity contribution in [2.45, 2.75) is 44.9 Å². The zero-order chi connectivity index (χ0) is 12.7. The van der Waals surface area contributed by atoms with Crippen molar-refractivity contribution < 1.29 is 19.8 Å². The first-order chi connectivity index (χ1) is 8.08. The van der Waals surface area contributed by atoms with E-state index in [4.69, 9.17) is 10.2 Å². The fourth-order valence-electron chi connectivity index (χ4n) is 2.50. The Hall–Kier alpha value is -1.10. The third-order valence-corrected chi connectivity index (χ3v) is 3.44. The number of amides is 1. The monoisotopic (exact) mass is 243 g/mol. The minimum Gasteiger partial charge on any atom is -0.481 e. The SMILES string of the molecule is O=C(O)CCO.O=C1CC2(CCCCC2)CN1. The highest BCUT2D eigenvalue weighted by molar-refractivity contribution is 5.79. The third-order valence-electron chi connectivity index (χ3n) is 3.44. The molecular weight excluding hydrogens is 222 g/mol. The second kappa shape index (κ2) is 6.59. The molecule has 1 heterocycles. The molecule has 98 valence electrons. The lowest BCUT2D eigenvalue weighted by Gasteiger charge is -2.31. The van der Waals surface area contributed by atoms with E-state index in [1.165, 1.54) is 32.1 Å². The Morgan fingerprint density at radius 2 is 1.94 bits per heavy atom. The molecule has 1 aliphatic heterocycles. The van der Waals surface area contributed by atoms with Crippen LogP contribution in [0.5, 0.6) is 0 Å². The topological polar surface area (TPSA) is 86.6 Å². The quantitative estimate of drug-likeness (QED) is 0.673. The van der Waals surface area contributed by atoms with Crippen molar-refractivity contribution in [3.8, 4) is 0 Å². The Morgan fingerprint density at radius 3 is 2.29 bits per heavy atom. The molecule has 1 spiro atoms. The summed E-state index contributed by atoms with van der Waals surface area (Å²) in [6, 6.07) is 0. The van der Waals surface area contributed by atoms with Gasteiger partial charge in [0.25, 0.3) is 0 Å². The van der Waals surface area contributed by atoms with Gasteiger partial charge >= 0.3 is 5.97 Å². The van der Waals surface area contributed by atoms with Gasteiger partial charge < -0.3 is 15.5 Å². The van der Waals surface area contributed by atoms with Crippen LogP contribution < -0.4 is 5.32 Å². The summed E-state index contributed by atoms with van der Waals surface area (Å²) in [5.41, 5.74) is 0.384. The van der Waals surface area contributed by atoms with Crippen LogP contribution in [0.15, 0.2) is 0 Å². The molecule has 0 radical (unpaired) electrons. The second-order valence-corrected chi connectivity index (χ2v) is 4.88. The molecule has 0 atom stereocenters. The number of carboxylic acids is 1. The maximum atomic E-state index is 11.0. The van der Waals surface area contributed by atoms with Gasteiger partial charge in [0.15, 0.2) is 0 Å². The van der Waals surface area contributed by atoms with E-state index in [0.717, 1.165) is 13.0 Å². The molecule has 0 bridgehead atoms. The maximum absolute atomic E-state index is 11.0. The molecular formula is C12H21NO4. The summed E-state index contributed by atoms with van der Waals surface area (Å²) >= 11 is 0. The van der Waals surface area contributed by atoms with Gasteiger partial charge in [0.1, 0.15) is 0 Å². The third kappa shape index (κ3) is 4.73. The standard InChI is InChI=1S/C9H15NO.C3H6O3/c11-8-6-9(7-10-8)4-2-1-3-5-9;4-2-1-3(5)6/h1-7H2,(H,10,11);4H,1-2H2,(H,5,6). The molecule has 0 aromatic carbocycles. The number of rotatable bonds is 2. The molecule has 5 nitrogen and oxygen atoms in total. The van der Waals surface area contributed by atoms with Gasteiger partial charge in [-0.3, -0.25) is 9.59 Å². The smallest absolute Gasteiger partial charge is 0.305 e. The summed E-state index contributed by atoms with van der Waals surface area (Å²) in [5.74, 6) is -0.690. The number of aliphatic carboxylic acids is 1. The average molecular weight is 243 g/mol. The van der Waals surface area contributed by atoms with E-state index in [0.29, 0.717) is 5.41 Å². The molecule has 2 rings (SSSR count). The van der Waals surface area contributed by atoms with Crippen LogP contribution in [0, 0.1) is 5.41 Å². The van der Waals surface area contributed by atoms with Gasteiger partial charge in [-0.1, -0.05) is 19.3 Å². The maximum Gasteiger partial charge on any atom is 0.305 e. The average Bonchev–Trinajstić information content (AvgIpc) is 2.61. The van der Waals surface area contributed by atoms with Gasteiger partial charge in [0.2, 0.25) is 5.91 Å². The summed E-state index contributed by atoms with van der Waals surface area (Å²) in [6.07, 6.45) is 7.21. The zero-order valence-electron chi connectivity index (χ0n) is 10.1. The lowest BCUT2D eigenvalue weighted by molar-refractivity contribution is -0.137. The Bertz CT molecular complexity index is 272. The number of nitrogens with one attached hydrogen (secondary N) is 1. The number of hydrogen-bond acceptors (Lipinski definition) is 3. The van der Waals surface area contributed by atoms with E-state index in [2.05, 4.69) is 5.32 Å². The van der Waals surface area contributed by atoms with Gasteiger partial charge in [0.05, 0.1) is 13.0 Å². The van der Waals surface area contributed by atoms with Crippen LogP contribution >= 0.6 is 0 Å². The highest BCUT2D eigenvalue weighted by atomic mass is 16.4. The molecule has 0 aromatic heterocycles. The molecule has 1 saturated heterocycles. The minimum absolute atomic E-state index is 0.153. The highest BCUT2D eigenvalue weighted by Crippen LogP contribution is 2.40. The summed E-state index contributed by atoms with van der Waals surface area (Å²) in [4.78, 5) is 20.4. The van der Waals surface area contributed by atoms with E-state index >= 15 is 0 Å². The molecule has 1 aliphatic carbocycles. The molecule has 3 N–H and O–H groups in total. The summed E-state index contributed by atoms with van der Waals surface area (Å²) < 4.78 is 0. The molecule has 2 fully saturated rings. The largest absolute Gasteiger partial charge is 0.481 e.